The molecule has 0 aliphatic heterocycles. The van der Waals surface area contributed by atoms with Crippen molar-refractivity contribution in [2.45, 2.75) is 39.7 Å². The standard InChI is InChI=1S/C11H30N3O9P3.C5H14NO3P.C2H8O7P2/c1-3-12(4-2)5-6-13(9-24(15,16)17)7-8-14(10-25(18,19)20)11-26(21,22)23;1-3-6(4-2)5-10(7,8)9;1-2(3,10(4,5)6)11(7,8)9/h3-11H2,1-2H3,(H2,15,16,17)(H2,18,19,20)(H2,21,22,23);3-5H2,1-2H3,(H2,7,8,9);3H,1H3,(H2,4,5,6)(H2,7,8,9). The van der Waals surface area contributed by atoms with Gasteiger partial charge in [-0.2, -0.15) is 0 Å². The van der Waals surface area contributed by atoms with Crippen molar-refractivity contribution < 1.29 is 91.2 Å². The van der Waals surface area contributed by atoms with Crippen LogP contribution in [0.15, 0.2) is 0 Å². The summed E-state index contributed by atoms with van der Waals surface area (Å²) in [6.45, 7) is 11.6. The third-order valence-corrected chi connectivity index (χ3v) is 12.7. The number of rotatable bonds is 20. The maximum Gasteiger partial charge on any atom is 0.369 e. The van der Waals surface area contributed by atoms with Gasteiger partial charge in [-0.15, -0.1) is 0 Å². The smallest absolute Gasteiger partial charge is 0.368 e. The van der Waals surface area contributed by atoms with E-state index in [-0.39, 0.29) is 19.4 Å². The molecule has 0 aliphatic rings. The number of nitrogens with zero attached hydrogens (tertiary/aromatic N) is 4. The monoisotopic (exact) mass is 814 g/mol. The Balaban J connectivity index is -0.000000753. The molecule has 0 aromatic rings. The predicted octanol–water partition coefficient (Wildman–Crippen LogP) is -1.19. The fourth-order valence-corrected chi connectivity index (χ4v) is 7.95. The van der Waals surface area contributed by atoms with Gasteiger partial charge in [0.05, 0.1) is 0 Å². The van der Waals surface area contributed by atoms with Gasteiger partial charge in [0, 0.05) is 26.2 Å². The second-order valence-corrected chi connectivity index (χ2v) is 20.8. The van der Waals surface area contributed by atoms with Crippen molar-refractivity contribution >= 4 is 45.6 Å². The molecule has 0 rings (SSSR count). The van der Waals surface area contributed by atoms with Gasteiger partial charge in [0.15, 0.2) is 0 Å². The van der Waals surface area contributed by atoms with Gasteiger partial charge in [-0.3, -0.25) is 42.1 Å². The van der Waals surface area contributed by atoms with Crippen LogP contribution in [0.3, 0.4) is 0 Å². The Morgan fingerprint density at radius 2 is 0.617 bits per heavy atom. The molecule has 23 nitrogen and oxygen atoms in total. The maximum absolute atomic E-state index is 11.3. The number of hydrogen-bond donors (Lipinski definition) is 13. The third-order valence-electron chi connectivity index (χ3n) is 5.89. The van der Waals surface area contributed by atoms with Crippen LogP contribution in [0.25, 0.3) is 0 Å². The molecule has 288 valence electrons. The molecule has 29 heteroatoms. The average molecular weight is 814 g/mol. The van der Waals surface area contributed by atoms with Gasteiger partial charge in [0.2, 0.25) is 0 Å². The highest BCUT2D eigenvalue weighted by Crippen LogP contribution is 2.66. The van der Waals surface area contributed by atoms with E-state index in [9.17, 15) is 37.2 Å². The van der Waals surface area contributed by atoms with Crippen LogP contribution >= 0.6 is 45.6 Å². The van der Waals surface area contributed by atoms with Crippen LogP contribution in [0, 0.1) is 0 Å². The summed E-state index contributed by atoms with van der Waals surface area (Å²) >= 11 is 0. The highest BCUT2D eigenvalue weighted by Gasteiger charge is 2.55. The van der Waals surface area contributed by atoms with E-state index in [2.05, 4.69) is 0 Å². The van der Waals surface area contributed by atoms with Crippen molar-refractivity contribution in [1.29, 1.82) is 0 Å². The minimum Gasteiger partial charge on any atom is -0.368 e. The molecule has 0 radical (unpaired) electrons. The lowest BCUT2D eigenvalue weighted by atomic mass is 10.4. The fourth-order valence-electron chi connectivity index (χ4n) is 3.18. The Morgan fingerprint density at radius 1 is 0.404 bits per heavy atom. The molecule has 0 atom stereocenters. The molecule has 13 N–H and O–H groups in total. The van der Waals surface area contributed by atoms with E-state index in [1.807, 2.05) is 32.6 Å². The normalized spacial score (nSPS) is 13.9. The minimum atomic E-state index is -5.20. The molecule has 0 aromatic carbocycles. The molecule has 0 saturated heterocycles. The molecule has 0 heterocycles. The summed E-state index contributed by atoms with van der Waals surface area (Å²) < 4.78 is 64.5. The highest BCUT2D eigenvalue weighted by molar-refractivity contribution is 7.71. The van der Waals surface area contributed by atoms with Crippen molar-refractivity contribution in [3.8, 4) is 0 Å². The van der Waals surface area contributed by atoms with Crippen molar-refractivity contribution in [3.05, 3.63) is 0 Å². The van der Waals surface area contributed by atoms with Gasteiger partial charge in [-0.25, -0.2) is 0 Å². The second-order valence-electron chi connectivity index (χ2n) is 10.1. The summed E-state index contributed by atoms with van der Waals surface area (Å²) in [6.07, 6.45) is -2.37. The lowest BCUT2D eigenvalue weighted by molar-refractivity contribution is 0.146. The second kappa shape index (κ2) is 21.9. The first kappa shape index (κ1) is 52.1. The molecule has 0 amide bonds. The molecular formula is C18H52N4O19P6. The molecule has 0 unspecified atom stereocenters. The molecule has 0 saturated carbocycles. The predicted molar refractivity (Wildman–Crippen MR) is 171 cm³/mol. The highest BCUT2D eigenvalue weighted by atomic mass is 31.2. The first-order valence-corrected chi connectivity index (χ1v) is 24.0. The summed E-state index contributed by atoms with van der Waals surface area (Å²) in [6, 6.07) is 0. The SMILES string of the molecule is CC(O)(P(=O)(O)O)P(=O)(O)O.CCN(CC)CCN(CCN(CP(=O)(O)O)CP(=O)(O)O)CP(=O)(O)O.CCN(CC)CP(=O)(O)O. The first-order chi connectivity index (χ1) is 20.6. The van der Waals surface area contributed by atoms with E-state index in [1.54, 1.807) is 4.90 Å². The molecule has 47 heavy (non-hydrogen) atoms. The minimum absolute atomic E-state index is 0.00756. The van der Waals surface area contributed by atoms with E-state index in [4.69, 9.17) is 54.0 Å². The van der Waals surface area contributed by atoms with Crippen LogP contribution in [-0.2, 0) is 27.4 Å². The summed E-state index contributed by atoms with van der Waals surface area (Å²) in [5.41, 5.74) is 0. The molecule has 0 spiro atoms. The Morgan fingerprint density at radius 3 is 0.809 bits per heavy atom. The summed E-state index contributed by atoms with van der Waals surface area (Å²) in [7, 11) is -27.7. The topological polar surface area (TPSA) is 378 Å². The third kappa shape index (κ3) is 29.0. The average Bonchev–Trinajstić information content (AvgIpc) is 2.82. The summed E-state index contributed by atoms with van der Waals surface area (Å²) in [4.78, 5) is 111. The van der Waals surface area contributed by atoms with E-state index >= 15 is 0 Å². The van der Waals surface area contributed by atoms with Crippen molar-refractivity contribution in [3.63, 3.8) is 0 Å². The zero-order valence-corrected chi connectivity index (χ0v) is 32.1. The van der Waals surface area contributed by atoms with Gasteiger partial charge in [0.1, 0.15) is 25.1 Å². The van der Waals surface area contributed by atoms with Gasteiger partial charge >= 0.3 is 45.6 Å². The fraction of sp³-hybridized carbons (Fsp3) is 1.00. The van der Waals surface area contributed by atoms with Crippen molar-refractivity contribution in [2.24, 2.45) is 0 Å². The molecule has 0 aromatic heterocycles. The van der Waals surface area contributed by atoms with Gasteiger partial charge in [0.25, 0.3) is 5.08 Å². The lowest BCUT2D eigenvalue weighted by Gasteiger charge is -2.29. The van der Waals surface area contributed by atoms with Gasteiger partial charge in [-0.05, 0) is 33.1 Å². The molecule has 0 aliphatic carbocycles. The van der Waals surface area contributed by atoms with Crippen LogP contribution in [0.5, 0.6) is 0 Å². The van der Waals surface area contributed by atoms with E-state index in [0.717, 1.165) is 18.0 Å². The molecule has 0 fully saturated rings. The van der Waals surface area contributed by atoms with Crippen LogP contribution in [0.4, 0.5) is 0 Å². The quantitative estimate of drug-likeness (QED) is 0.0642. The van der Waals surface area contributed by atoms with E-state index in [0.29, 0.717) is 33.1 Å². The van der Waals surface area contributed by atoms with Gasteiger partial charge in [-0.1, -0.05) is 27.7 Å². The molecular weight excluding hydrogens is 762 g/mol. The summed E-state index contributed by atoms with van der Waals surface area (Å²) in [5, 5.41) is 5.37. The molecule has 0 bridgehead atoms. The first-order valence-electron chi connectivity index (χ1n) is 13.6. The largest absolute Gasteiger partial charge is 0.369 e. The van der Waals surface area contributed by atoms with Crippen LogP contribution < -0.4 is 0 Å². The van der Waals surface area contributed by atoms with Gasteiger partial charge < -0.3 is 68.7 Å². The zero-order valence-electron chi connectivity index (χ0n) is 26.7. The van der Waals surface area contributed by atoms with Crippen LogP contribution in [0.1, 0.15) is 34.6 Å². The Bertz CT molecular complexity index is 1120. The zero-order chi connectivity index (χ0) is 38.3. The van der Waals surface area contributed by atoms with Crippen molar-refractivity contribution in [2.75, 3.05) is 77.5 Å². The van der Waals surface area contributed by atoms with E-state index in [1.165, 1.54) is 4.90 Å². The number of aliphatic hydroxyl groups is 1. The Kier molecular flexibility index (Phi) is 24.3. The van der Waals surface area contributed by atoms with E-state index < -0.39 is 69.5 Å². The number of hydrogen-bond acceptors (Lipinski definition) is 11. The number of likely N-dealkylation sites (N-methyl/N-ethyl adjacent to an activating group) is 1. The lowest BCUT2D eigenvalue weighted by Crippen LogP contribution is -2.40. The Hall–Kier alpha value is 0.700. The van der Waals surface area contributed by atoms with Crippen molar-refractivity contribution in [1.82, 2.24) is 19.6 Å². The maximum atomic E-state index is 11.3. The van der Waals surface area contributed by atoms with Crippen LogP contribution in [0.2, 0.25) is 0 Å². The van der Waals surface area contributed by atoms with Crippen LogP contribution in [-0.4, -0.2) is 166 Å². The Labute approximate surface area is 273 Å². The summed E-state index contributed by atoms with van der Waals surface area (Å²) in [5.74, 6) is 0.